The van der Waals surface area contributed by atoms with Crippen LogP contribution in [0.5, 0.6) is 0 Å². The summed E-state index contributed by atoms with van der Waals surface area (Å²) in [5.41, 5.74) is 4.02. The van der Waals surface area contributed by atoms with Crippen LogP contribution in [0.2, 0.25) is 0 Å². The van der Waals surface area contributed by atoms with Crippen LogP contribution in [0.4, 0.5) is 0 Å². The predicted octanol–water partition coefficient (Wildman–Crippen LogP) is 1.17. The Morgan fingerprint density at radius 1 is 1.47 bits per heavy atom. The lowest BCUT2D eigenvalue weighted by atomic mass is 9.79. The molecule has 0 radical (unpaired) electrons. The molecule has 3 N–H and O–H groups in total. The van der Waals surface area contributed by atoms with Gasteiger partial charge in [0.15, 0.2) is 0 Å². The molecule has 0 aliphatic carbocycles. The SMILES string of the molecule is NNC(c1cccnc1)C1CCOC2(CCOC2)C1. The first-order valence-corrected chi connectivity index (χ1v) is 6.91. The summed E-state index contributed by atoms with van der Waals surface area (Å²) in [5.74, 6) is 6.24. The quantitative estimate of drug-likeness (QED) is 0.633. The lowest BCUT2D eigenvalue weighted by Crippen LogP contribution is -2.45. The van der Waals surface area contributed by atoms with Crippen molar-refractivity contribution < 1.29 is 9.47 Å². The fraction of sp³-hybridized carbons (Fsp3) is 0.643. The molecule has 2 saturated heterocycles. The van der Waals surface area contributed by atoms with Crippen LogP contribution in [0, 0.1) is 5.92 Å². The number of nitrogens with two attached hydrogens (primary N) is 1. The normalized spacial score (nSPS) is 32.6. The van der Waals surface area contributed by atoms with Crippen molar-refractivity contribution in [2.45, 2.75) is 30.9 Å². The van der Waals surface area contributed by atoms with Crippen molar-refractivity contribution in [2.75, 3.05) is 19.8 Å². The molecule has 3 rings (SSSR count). The minimum absolute atomic E-state index is 0.0831. The van der Waals surface area contributed by atoms with Gasteiger partial charge in [-0.15, -0.1) is 0 Å². The van der Waals surface area contributed by atoms with E-state index in [4.69, 9.17) is 15.3 Å². The number of nitrogens with zero attached hydrogens (tertiary/aromatic N) is 1. The largest absolute Gasteiger partial charge is 0.378 e. The van der Waals surface area contributed by atoms with Gasteiger partial charge in [-0.1, -0.05) is 6.07 Å². The molecule has 0 saturated carbocycles. The predicted molar refractivity (Wildman–Crippen MR) is 71.1 cm³/mol. The molecule has 3 unspecified atom stereocenters. The molecule has 3 heterocycles. The fourth-order valence-corrected chi connectivity index (χ4v) is 3.28. The van der Waals surface area contributed by atoms with E-state index in [0.29, 0.717) is 12.5 Å². The number of pyridine rings is 1. The van der Waals surface area contributed by atoms with Crippen molar-refractivity contribution in [3.05, 3.63) is 30.1 Å². The van der Waals surface area contributed by atoms with Gasteiger partial charge in [0.25, 0.3) is 0 Å². The minimum Gasteiger partial charge on any atom is -0.378 e. The van der Waals surface area contributed by atoms with Gasteiger partial charge in [0, 0.05) is 32.0 Å². The van der Waals surface area contributed by atoms with Crippen LogP contribution in [-0.2, 0) is 9.47 Å². The smallest absolute Gasteiger partial charge is 0.0940 e. The molecule has 2 aliphatic rings. The van der Waals surface area contributed by atoms with E-state index >= 15 is 0 Å². The van der Waals surface area contributed by atoms with Gasteiger partial charge in [0.05, 0.1) is 18.2 Å². The van der Waals surface area contributed by atoms with Crippen molar-refractivity contribution in [1.82, 2.24) is 10.4 Å². The average molecular weight is 263 g/mol. The van der Waals surface area contributed by atoms with Crippen molar-refractivity contribution in [1.29, 1.82) is 0 Å². The summed E-state index contributed by atoms with van der Waals surface area (Å²) in [4.78, 5) is 4.19. The van der Waals surface area contributed by atoms with E-state index in [-0.39, 0.29) is 11.6 Å². The first kappa shape index (κ1) is 13.0. The molecule has 1 spiro atoms. The molecule has 5 heteroatoms. The first-order valence-electron chi connectivity index (χ1n) is 6.91. The van der Waals surface area contributed by atoms with Gasteiger partial charge in [-0.05, 0) is 30.4 Å². The summed E-state index contributed by atoms with van der Waals surface area (Å²) in [6, 6.07) is 4.16. The van der Waals surface area contributed by atoms with Gasteiger partial charge in [0.2, 0.25) is 0 Å². The van der Waals surface area contributed by atoms with Crippen LogP contribution in [0.3, 0.4) is 0 Å². The van der Waals surface area contributed by atoms with Gasteiger partial charge in [0.1, 0.15) is 0 Å². The molecule has 104 valence electrons. The van der Waals surface area contributed by atoms with Crippen molar-refractivity contribution in [3.63, 3.8) is 0 Å². The lowest BCUT2D eigenvalue weighted by Gasteiger charge is -2.40. The number of hydrazine groups is 1. The molecule has 0 bridgehead atoms. The van der Waals surface area contributed by atoms with E-state index in [9.17, 15) is 0 Å². The summed E-state index contributed by atoms with van der Waals surface area (Å²) < 4.78 is 11.5. The summed E-state index contributed by atoms with van der Waals surface area (Å²) in [6.45, 7) is 2.31. The second-order valence-electron chi connectivity index (χ2n) is 5.52. The number of hydrogen-bond acceptors (Lipinski definition) is 5. The standard InChI is InChI=1S/C14H21N3O2/c15-17-13(12-2-1-5-16-9-12)11-3-6-19-14(8-11)4-7-18-10-14/h1-2,5,9,11,13,17H,3-4,6-8,10,15H2. The van der Waals surface area contributed by atoms with Crippen molar-refractivity contribution in [3.8, 4) is 0 Å². The zero-order valence-electron chi connectivity index (χ0n) is 11.0. The molecule has 2 fully saturated rings. The van der Waals surface area contributed by atoms with Gasteiger partial charge < -0.3 is 9.47 Å². The zero-order chi connectivity index (χ0) is 13.1. The third-order valence-corrected chi connectivity index (χ3v) is 4.29. The Hall–Kier alpha value is -1.01. The first-order chi connectivity index (χ1) is 9.33. The highest BCUT2D eigenvalue weighted by atomic mass is 16.6. The minimum atomic E-state index is -0.0831. The summed E-state index contributed by atoms with van der Waals surface area (Å²) in [5, 5.41) is 0. The highest BCUT2D eigenvalue weighted by molar-refractivity contribution is 5.15. The van der Waals surface area contributed by atoms with Gasteiger partial charge >= 0.3 is 0 Å². The van der Waals surface area contributed by atoms with E-state index in [1.165, 1.54) is 0 Å². The van der Waals surface area contributed by atoms with Crippen LogP contribution >= 0.6 is 0 Å². The number of nitrogens with one attached hydrogen (secondary N) is 1. The number of aromatic nitrogens is 1. The van der Waals surface area contributed by atoms with E-state index in [1.54, 1.807) is 6.20 Å². The van der Waals surface area contributed by atoms with Crippen LogP contribution in [0.25, 0.3) is 0 Å². The van der Waals surface area contributed by atoms with Crippen LogP contribution < -0.4 is 11.3 Å². The third-order valence-electron chi connectivity index (χ3n) is 4.29. The number of rotatable bonds is 3. The van der Waals surface area contributed by atoms with E-state index < -0.39 is 0 Å². The Morgan fingerprint density at radius 3 is 3.11 bits per heavy atom. The molecular weight excluding hydrogens is 242 g/mol. The number of ether oxygens (including phenoxy) is 2. The van der Waals surface area contributed by atoms with Crippen molar-refractivity contribution >= 4 is 0 Å². The van der Waals surface area contributed by atoms with Gasteiger partial charge in [-0.25, -0.2) is 0 Å². The van der Waals surface area contributed by atoms with E-state index in [2.05, 4.69) is 16.5 Å². The maximum Gasteiger partial charge on any atom is 0.0940 e. The van der Waals surface area contributed by atoms with E-state index in [1.807, 2.05) is 12.3 Å². The van der Waals surface area contributed by atoms with Crippen LogP contribution in [-0.4, -0.2) is 30.4 Å². The van der Waals surface area contributed by atoms with Crippen LogP contribution in [0.1, 0.15) is 30.9 Å². The van der Waals surface area contributed by atoms with Crippen molar-refractivity contribution in [2.24, 2.45) is 11.8 Å². The molecule has 19 heavy (non-hydrogen) atoms. The molecule has 2 aliphatic heterocycles. The van der Waals surface area contributed by atoms with E-state index in [0.717, 1.165) is 38.0 Å². The maximum atomic E-state index is 5.98. The Labute approximate surface area is 113 Å². The monoisotopic (exact) mass is 263 g/mol. The summed E-state index contributed by atoms with van der Waals surface area (Å²) in [7, 11) is 0. The molecule has 3 atom stereocenters. The van der Waals surface area contributed by atoms with Crippen LogP contribution in [0.15, 0.2) is 24.5 Å². The molecule has 1 aromatic heterocycles. The highest BCUT2D eigenvalue weighted by Gasteiger charge is 2.43. The Morgan fingerprint density at radius 2 is 2.42 bits per heavy atom. The zero-order valence-corrected chi connectivity index (χ0v) is 11.0. The Kier molecular flexibility index (Phi) is 3.79. The highest BCUT2D eigenvalue weighted by Crippen LogP contribution is 2.40. The molecule has 0 amide bonds. The fourth-order valence-electron chi connectivity index (χ4n) is 3.28. The molecule has 0 aromatic carbocycles. The topological polar surface area (TPSA) is 69.4 Å². The maximum absolute atomic E-state index is 5.98. The molecule has 5 nitrogen and oxygen atoms in total. The molecular formula is C14H21N3O2. The summed E-state index contributed by atoms with van der Waals surface area (Å²) >= 11 is 0. The average Bonchev–Trinajstić information content (AvgIpc) is 2.89. The van der Waals surface area contributed by atoms with Gasteiger partial charge in [-0.2, -0.15) is 0 Å². The molecule has 1 aromatic rings. The third kappa shape index (κ3) is 2.65. The lowest BCUT2D eigenvalue weighted by molar-refractivity contribution is -0.103. The number of hydrogen-bond donors (Lipinski definition) is 2. The van der Waals surface area contributed by atoms with Gasteiger partial charge in [-0.3, -0.25) is 16.3 Å². The second-order valence-corrected chi connectivity index (χ2v) is 5.52. The Balaban J connectivity index is 1.76. The second kappa shape index (κ2) is 5.54. The summed E-state index contributed by atoms with van der Waals surface area (Å²) in [6.07, 6.45) is 6.68. The Bertz CT molecular complexity index is 406.